The quantitative estimate of drug-likeness (QED) is 0.559. The smallest absolute Gasteiger partial charge is 0.126 e. The first kappa shape index (κ1) is 14.9. The molecule has 0 radical (unpaired) electrons. The molecule has 0 aliphatic rings. The number of methoxy groups -OCH3 is 1. The third-order valence-electron chi connectivity index (χ3n) is 2.57. The number of hydrogen-bond acceptors (Lipinski definition) is 4. The Morgan fingerprint density at radius 3 is 2.83 bits per heavy atom. The van der Waals surface area contributed by atoms with E-state index < -0.39 is 0 Å². The standard InChI is InChI=1S/C13H21N3OS/c1-10-8-11(13(14)18)9-12(16-10)15-6-4-3-5-7-17-2/h8-9H,3-7H2,1-2H3,(H2,14,18)(H,15,16). The van der Waals surface area contributed by atoms with E-state index >= 15 is 0 Å². The fourth-order valence-corrected chi connectivity index (χ4v) is 1.78. The first-order chi connectivity index (χ1) is 8.63. The summed E-state index contributed by atoms with van der Waals surface area (Å²) < 4.78 is 5.00. The zero-order valence-corrected chi connectivity index (χ0v) is 11.8. The lowest BCUT2D eigenvalue weighted by Crippen LogP contribution is -2.12. The number of nitrogens with zero attached hydrogens (tertiary/aromatic N) is 1. The molecule has 0 aliphatic heterocycles. The average molecular weight is 267 g/mol. The van der Waals surface area contributed by atoms with Crippen LogP contribution in [0.4, 0.5) is 5.82 Å². The van der Waals surface area contributed by atoms with Crippen LogP contribution >= 0.6 is 12.2 Å². The molecule has 0 spiro atoms. The summed E-state index contributed by atoms with van der Waals surface area (Å²) in [6.45, 7) is 3.66. The molecule has 1 aromatic rings. The van der Waals surface area contributed by atoms with Crippen LogP contribution in [-0.2, 0) is 4.74 Å². The number of rotatable bonds is 8. The molecule has 0 unspecified atom stereocenters. The molecule has 5 heteroatoms. The van der Waals surface area contributed by atoms with Gasteiger partial charge in [-0.15, -0.1) is 0 Å². The molecule has 0 aliphatic carbocycles. The van der Waals surface area contributed by atoms with Crippen LogP contribution in [0.25, 0.3) is 0 Å². The van der Waals surface area contributed by atoms with Gasteiger partial charge in [0.1, 0.15) is 10.8 Å². The van der Waals surface area contributed by atoms with Gasteiger partial charge in [-0.2, -0.15) is 0 Å². The van der Waals surface area contributed by atoms with E-state index in [1.54, 1.807) is 7.11 Å². The summed E-state index contributed by atoms with van der Waals surface area (Å²) in [5.41, 5.74) is 7.40. The van der Waals surface area contributed by atoms with Crippen LogP contribution in [-0.4, -0.2) is 30.2 Å². The number of hydrogen-bond donors (Lipinski definition) is 2. The summed E-state index contributed by atoms with van der Waals surface area (Å²) in [5, 5.41) is 3.29. The second-order valence-electron chi connectivity index (χ2n) is 4.23. The van der Waals surface area contributed by atoms with Gasteiger partial charge in [-0.3, -0.25) is 0 Å². The zero-order valence-electron chi connectivity index (χ0n) is 11.0. The molecule has 100 valence electrons. The first-order valence-electron chi connectivity index (χ1n) is 6.15. The molecule has 0 saturated heterocycles. The predicted octanol–water partition coefficient (Wildman–Crippen LogP) is 2.25. The summed E-state index contributed by atoms with van der Waals surface area (Å²) in [7, 11) is 1.73. The van der Waals surface area contributed by atoms with Crippen LogP contribution in [0.2, 0.25) is 0 Å². The number of aryl methyl sites for hydroxylation is 1. The molecule has 1 rings (SSSR count). The molecule has 18 heavy (non-hydrogen) atoms. The van der Waals surface area contributed by atoms with Crippen molar-refractivity contribution in [2.75, 3.05) is 25.6 Å². The predicted molar refractivity (Wildman–Crippen MR) is 79.1 cm³/mol. The van der Waals surface area contributed by atoms with Gasteiger partial charge in [-0.25, -0.2) is 4.98 Å². The van der Waals surface area contributed by atoms with E-state index in [0.29, 0.717) is 4.99 Å². The lowest BCUT2D eigenvalue weighted by atomic mass is 10.2. The Hall–Kier alpha value is -1.20. The normalized spacial score (nSPS) is 10.3. The SMILES string of the molecule is COCCCCCNc1cc(C(N)=S)cc(C)n1. The monoisotopic (exact) mass is 267 g/mol. The molecule has 1 aromatic heterocycles. The summed E-state index contributed by atoms with van der Waals surface area (Å²) in [6, 6.07) is 3.79. The Labute approximate surface area is 114 Å². The number of aromatic nitrogens is 1. The largest absolute Gasteiger partial charge is 0.389 e. The number of unbranched alkanes of at least 4 members (excludes halogenated alkanes) is 2. The number of ether oxygens (including phenoxy) is 1. The van der Waals surface area contributed by atoms with Gasteiger partial charge in [0, 0.05) is 31.5 Å². The molecule has 4 nitrogen and oxygen atoms in total. The molecule has 0 saturated carbocycles. The maximum absolute atomic E-state index is 5.62. The van der Waals surface area contributed by atoms with E-state index in [2.05, 4.69) is 10.3 Å². The lowest BCUT2D eigenvalue weighted by molar-refractivity contribution is 0.192. The van der Waals surface area contributed by atoms with Crippen LogP contribution in [0.15, 0.2) is 12.1 Å². The van der Waals surface area contributed by atoms with Gasteiger partial charge in [-0.1, -0.05) is 12.2 Å². The zero-order chi connectivity index (χ0) is 13.4. The van der Waals surface area contributed by atoms with E-state index in [0.717, 1.165) is 49.5 Å². The van der Waals surface area contributed by atoms with Crippen molar-refractivity contribution in [3.8, 4) is 0 Å². The summed E-state index contributed by atoms with van der Waals surface area (Å²) in [6.07, 6.45) is 3.34. The Kier molecular flexibility index (Phi) is 6.60. The molecule has 3 N–H and O–H groups in total. The van der Waals surface area contributed by atoms with E-state index in [-0.39, 0.29) is 0 Å². The molecular weight excluding hydrogens is 246 g/mol. The minimum atomic E-state index is 0.406. The van der Waals surface area contributed by atoms with Crippen LogP contribution in [0, 0.1) is 6.92 Å². The van der Waals surface area contributed by atoms with Gasteiger partial charge < -0.3 is 15.8 Å². The average Bonchev–Trinajstić information content (AvgIpc) is 2.33. The lowest BCUT2D eigenvalue weighted by Gasteiger charge is -2.08. The molecule has 1 heterocycles. The van der Waals surface area contributed by atoms with Gasteiger partial charge in [-0.05, 0) is 38.3 Å². The molecule has 0 bridgehead atoms. The van der Waals surface area contributed by atoms with Crippen LogP contribution < -0.4 is 11.1 Å². The molecular formula is C13H21N3OS. The van der Waals surface area contributed by atoms with Crippen molar-refractivity contribution in [2.45, 2.75) is 26.2 Å². The Morgan fingerprint density at radius 1 is 1.39 bits per heavy atom. The minimum Gasteiger partial charge on any atom is -0.389 e. The van der Waals surface area contributed by atoms with Crippen molar-refractivity contribution in [2.24, 2.45) is 5.73 Å². The third-order valence-corrected chi connectivity index (χ3v) is 2.80. The highest BCUT2D eigenvalue weighted by molar-refractivity contribution is 7.80. The maximum Gasteiger partial charge on any atom is 0.126 e. The third kappa shape index (κ3) is 5.42. The topological polar surface area (TPSA) is 60.2 Å². The number of pyridine rings is 1. The van der Waals surface area contributed by atoms with Crippen molar-refractivity contribution in [1.29, 1.82) is 0 Å². The van der Waals surface area contributed by atoms with E-state index in [1.165, 1.54) is 0 Å². The van der Waals surface area contributed by atoms with Gasteiger partial charge >= 0.3 is 0 Å². The minimum absolute atomic E-state index is 0.406. The number of nitrogens with one attached hydrogen (secondary N) is 1. The van der Waals surface area contributed by atoms with Crippen molar-refractivity contribution in [3.63, 3.8) is 0 Å². The van der Waals surface area contributed by atoms with Gasteiger partial charge in [0.05, 0.1) is 0 Å². The highest BCUT2D eigenvalue weighted by Gasteiger charge is 2.02. The molecule has 0 fully saturated rings. The van der Waals surface area contributed by atoms with Gasteiger partial charge in [0.25, 0.3) is 0 Å². The summed E-state index contributed by atoms with van der Waals surface area (Å²) in [5.74, 6) is 0.838. The van der Waals surface area contributed by atoms with E-state index in [9.17, 15) is 0 Å². The Bertz CT molecular complexity index is 396. The van der Waals surface area contributed by atoms with Crippen LogP contribution in [0.3, 0.4) is 0 Å². The second-order valence-corrected chi connectivity index (χ2v) is 4.67. The Balaban J connectivity index is 2.40. The van der Waals surface area contributed by atoms with Crippen molar-refractivity contribution < 1.29 is 4.74 Å². The highest BCUT2D eigenvalue weighted by Crippen LogP contribution is 2.10. The van der Waals surface area contributed by atoms with Crippen molar-refractivity contribution in [3.05, 3.63) is 23.4 Å². The first-order valence-corrected chi connectivity index (χ1v) is 6.55. The summed E-state index contributed by atoms with van der Waals surface area (Å²) >= 11 is 4.97. The van der Waals surface area contributed by atoms with Gasteiger partial charge in [0.15, 0.2) is 0 Å². The number of anilines is 1. The van der Waals surface area contributed by atoms with Crippen molar-refractivity contribution in [1.82, 2.24) is 4.98 Å². The van der Waals surface area contributed by atoms with E-state index in [4.69, 9.17) is 22.7 Å². The molecule has 0 aromatic carbocycles. The van der Waals surface area contributed by atoms with Gasteiger partial charge in [0.2, 0.25) is 0 Å². The van der Waals surface area contributed by atoms with E-state index in [1.807, 2.05) is 19.1 Å². The fourth-order valence-electron chi connectivity index (χ4n) is 1.67. The number of nitrogens with two attached hydrogens (primary N) is 1. The molecule has 0 atom stereocenters. The molecule has 0 amide bonds. The van der Waals surface area contributed by atoms with Crippen LogP contribution in [0.1, 0.15) is 30.5 Å². The highest BCUT2D eigenvalue weighted by atomic mass is 32.1. The second kappa shape index (κ2) is 8.00. The van der Waals surface area contributed by atoms with Crippen LogP contribution in [0.5, 0.6) is 0 Å². The maximum atomic E-state index is 5.62. The summed E-state index contributed by atoms with van der Waals surface area (Å²) in [4.78, 5) is 4.81. The van der Waals surface area contributed by atoms with Crippen molar-refractivity contribution >= 4 is 23.0 Å². The Morgan fingerprint density at radius 2 is 2.17 bits per heavy atom. The number of thiocarbonyl (C=S) groups is 1. The fraction of sp³-hybridized carbons (Fsp3) is 0.538.